The maximum Gasteiger partial charge on any atom is 0.245 e. The van der Waals surface area contributed by atoms with Crippen LogP contribution in [-0.2, 0) is 16.4 Å². The highest BCUT2D eigenvalue weighted by atomic mass is 32.2. The van der Waals surface area contributed by atoms with Gasteiger partial charge in [-0.05, 0) is 36.2 Å². The second kappa shape index (κ2) is 6.28. The van der Waals surface area contributed by atoms with Crippen molar-refractivity contribution < 1.29 is 17.2 Å². The van der Waals surface area contributed by atoms with Crippen LogP contribution in [0.3, 0.4) is 0 Å². The summed E-state index contributed by atoms with van der Waals surface area (Å²) in [5.74, 6) is -1.91. The fourth-order valence-electron chi connectivity index (χ4n) is 1.81. The standard InChI is InChI=1S/C14H14F2N2O2S/c1-18(9-6-11-4-7-17-8-5-11)21(19,20)14-3-2-12(15)10-13(14)16/h2-5,7-8,10H,6,9H2,1H3. The Kier molecular flexibility index (Phi) is 4.64. The van der Waals surface area contributed by atoms with Gasteiger partial charge in [-0.2, -0.15) is 0 Å². The molecule has 0 unspecified atom stereocenters. The molecular formula is C14H14F2N2O2S. The molecule has 4 nitrogen and oxygen atoms in total. The number of rotatable bonds is 5. The van der Waals surface area contributed by atoms with E-state index in [1.807, 2.05) is 0 Å². The van der Waals surface area contributed by atoms with Crippen LogP contribution in [0.25, 0.3) is 0 Å². The Balaban J connectivity index is 2.15. The highest BCUT2D eigenvalue weighted by Gasteiger charge is 2.24. The molecule has 0 spiro atoms. The molecule has 112 valence electrons. The van der Waals surface area contributed by atoms with Crippen molar-refractivity contribution in [2.24, 2.45) is 0 Å². The SMILES string of the molecule is CN(CCc1ccncc1)S(=O)(=O)c1ccc(F)cc1F. The number of halogens is 2. The van der Waals surface area contributed by atoms with Crippen molar-refractivity contribution in [1.82, 2.24) is 9.29 Å². The first-order valence-electron chi connectivity index (χ1n) is 6.21. The highest BCUT2D eigenvalue weighted by Crippen LogP contribution is 2.19. The number of hydrogen-bond acceptors (Lipinski definition) is 3. The minimum atomic E-state index is -3.98. The Morgan fingerprint density at radius 2 is 1.81 bits per heavy atom. The number of nitrogens with zero attached hydrogens (tertiary/aromatic N) is 2. The third-order valence-corrected chi connectivity index (χ3v) is 4.94. The van der Waals surface area contributed by atoms with Gasteiger partial charge in [0.1, 0.15) is 16.5 Å². The van der Waals surface area contributed by atoms with Gasteiger partial charge in [0.15, 0.2) is 0 Å². The molecule has 0 aliphatic carbocycles. The van der Waals surface area contributed by atoms with Crippen molar-refractivity contribution in [1.29, 1.82) is 0 Å². The van der Waals surface area contributed by atoms with E-state index in [1.54, 1.807) is 24.5 Å². The van der Waals surface area contributed by atoms with Crippen molar-refractivity contribution in [2.75, 3.05) is 13.6 Å². The minimum absolute atomic E-state index is 0.184. The van der Waals surface area contributed by atoms with Crippen LogP contribution < -0.4 is 0 Å². The van der Waals surface area contributed by atoms with E-state index >= 15 is 0 Å². The second-order valence-corrected chi connectivity index (χ2v) is 6.52. The molecule has 21 heavy (non-hydrogen) atoms. The molecule has 2 aromatic rings. The number of likely N-dealkylation sites (N-methyl/N-ethyl adjacent to an activating group) is 1. The van der Waals surface area contributed by atoms with Crippen LogP contribution in [0.5, 0.6) is 0 Å². The van der Waals surface area contributed by atoms with Gasteiger partial charge in [-0.1, -0.05) is 0 Å². The molecule has 0 aliphatic heterocycles. The van der Waals surface area contributed by atoms with Crippen LogP contribution in [0.15, 0.2) is 47.6 Å². The Morgan fingerprint density at radius 3 is 2.43 bits per heavy atom. The molecule has 0 N–H and O–H groups in total. The average molecular weight is 312 g/mol. The zero-order valence-electron chi connectivity index (χ0n) is 11.3. The van der Waals surface area contributed by atoms with Gasteiger partial charge in [0.05, 0.1) is 0 Å². The molecule has 0 fully saturated rings. The predicted molar refractivity (Wildman–Crippen MR) is 74.1 cm³/mol. The van der Waals surface area contributed by atoms with Crippen LogP contribution in [0.1, 0.15) is 5.56 Å². The summed E-state index contributed by atoms with van der Waals surface area (Å²) < 4.78 is 52.0. The fourth-order valence-corrected chi connectivity index (χ4v) is 3.02. The van der Waals surface area contributed by atoms with Gasteiger partial charge < -0.3 is 0 Å². The number of benzene rings is 1. The molecule has 1 heterocycles. The number of aromatic nitrogens is 1. The molecule has 0 amide bonds. The highest BCUT2D eigenvalue weighted by molar-refractivity contribution is 7.89. The number of sulfonamides is 1. The molecule has 0 saturated heterocycles. The second-order valence-electron chi connectivity index (χ2n) is 4.51. The summed E-state index contributed by atoms with van der Waals surface area (Å²) in [6.45, 7) is 0.184. The normalized spacial score (nSPS) is 11.8. The smallest absolute Gasteiger partial charge is 0.245 e. The van der Waals surface area contributed by atoms with Crippen LogP contribution >= 0.6 is 0 Å². The monoisotopic (exact) mass is 312 g/mol. The maximum atomic E-state index is 13.6. The van der Waals surface area contributed by atoms with Crippen molar-refractivity contribution in [3.05, 3.63) is 59.9 Å². The van der Waals surface area contributed by atoms with Gasteiger partial charge in [0.2, 0.25) is 10.0 Å². The summed E-state index contributed by atoms with van der Waals surface area (Å²) in [5.41, 5.74) is 0.923. The molecule has 1 aromatic carbocycles. The molecule has 1 aromatic heterocycles. The molecule has 0 bridgehead atoms. The van der Waals surface area contributed by atoms with Gasteiger partial charge in [-0.15, -0.1) is 0 Å². The summed E-state index contributed by atoms with van der Waals surface area (Å²) >= 11 is 0. The van der Waals surface area contributed by atoms with Crippen molar-refractivity contribution in [3.8, 4) is 0 Å². The van der Waals surface area contributed by atoms with E-state index in [4.69, 9.17) is 0 Å². The van der Waals surface area contributed by atoms with Gasteiger partial charge in [-0.3, -0.25) is 4.98 Å². The Hall–Kier alpha value is -1.86. The van der Waals surface area contributed by atoms with E-state index in [9.17, 15) is 17.2 Å². The van der Waals surface area contributed by atoms with Crippen LogP contribution in [0.4, 0.5) is 8.78 Å². The van der Waals surface area contributed by atoms with Gasteiger partial charge >= 0.3 is 0 Å². The zero-order valence-corrected chi connectivity index (χ0v) is 12.1. The van der Waals surface area contributed by atoms with Crippen molar-refractivity contribution in [2.45, 2.75) is 11.3 Å². The Bertz CT molecular complexity index is 721. The zero-order chi connectivity index (χ0) is 15.5. The molecule has 0 aliphatic rings. The topological polar surface area (TPSA) is 50.3 Å². The van der Waals surface area contributed by atoms with Gasteiger partial charge in [0, 0.05) is 32.1 Å². The first kappa shape index (κ1) is 15.5. The molecular weight excluding hydrogens is 298 g/mol. The average Bonchev–Trinajstić information content (AvgIpc) is 2.45. The lowest BCUT2D eigenvalue weighted by Gasteiger charge is -2.17. The maximum absolute atomic E-state index is 13.6. The lowest BCUT2D eigenvalue weighted by molar-refractivity contribution is 0.464. The lowest BCUT2D eigenvalue weighted by atomic mass is 10.2. The Labute approximate surface area is 122 Å². The van der Waals surface area contributed by atoms with Crippen molar-refractivity contribution >= 4 is 10.0 Å². The molecule has 0 saturated carbocycles. The van der Waals surface area contributed by atoms with E-state index < -0.39 is 26.6 Å². The number of pyridine rings is 1. The van der Waals surface area contributed by atoms with E-state index in [0.29, 0.717) is 12.5 Å². The van der Waals surface area contributed by atoms with Crippen LogP contribution in [0, 0.1) is 11.6 Å². The molecule has 0 radical (unpaired) electrons. The summed E-state index contributed by atoms with van der Waals surface area (Å²) in [5, 5.41) is 0. The molecule has 0 atom stereocenters. The van der Waals surface area contributed by atoms with E-state index in [-0.39, 0.29) is 6.54 Å². The Morgan fingerprint density at radius 1 is 1.14 bits per heavy atom. The third-order valence-electron chi connectivity index (χ3n) is 3.05. The summed E-state index contributed by atoms with van der Waals surface area (Å²) in [6, 6.07) is 5.97. The summed E-state index contributed by atoms with van der Waals surface area (Å²) in [4.78, 5) is 3.34. The summed E-state index contributed by atoms with van der Waals surface area (Å²) in [7, 11) is -2.62. The van der Waals surface area contributed by atoms with Crippen LogP contribution in [0.2, 0.25) is 0 Å². The lowest BCUT2D eigenvalue weighted by Crippen LogP contribution is -2.29. The predicted octanol–water partition coefficient (Wildman–Crippen LogP) is 2.22. The van der Waals surface area contributed by atoms with Gasteiger partial charge in [-0.25, -0.2) is 21.5 Å². The quantitative estimate of drug-likeness (QED) is 0.850. The molecule has 2 rings (SSSR count). The number of hydrogen-bond donors (Lipinski definition) is 0. The molecule has 7 heteroatoms. The summed E-state index contributed by atoms with van der Waals surface area (Å²) in [6.07, 6.45) is 3.70. The first-order valence-corrected chi connectivity index (χ1v) is 7.65. The largest absolute Gasteiger partial charge is 0.265 e. The third kappa shape index (κ3) is 3.62. The van der Waals surface area contributed by atoms with Gasteiger partial charge in [0.25, 0.3) is 0 Å². The van der Waals surface area contributed by atoms with E-state index in [1.165, 1.54) is 7.05 Å². The first-order chi connectivity index (χ1) is 9.91. The van der Waals surface area contributed by atoms with E-state index in [2.05, 4.69) is 4.98 Å². The van der Waals surface area contributed by atoms with Crippen LogP contribution in [-0.4, -0.2) is 31.3 Å². The minimum Gasteiger partial charge on any atom is -0.265 e. The fraction of sp³-hybridized carbons (Fsp3) is 0.214. The van der Waals surface area contributed by atoms with E-state index in [0.717, 1.165) is 22.0 Å². The van der Waals surface area contributed by atoms with Crippen molar-refractivity contribution in [3.63, 3.8) is 0 Å².